The molecule has 0 bridgehead atoms. The Balaban J connectivity index is 1.94. The van der Waals surface area contributed by atoms with Crippen LogP contribution in [0.15, 0.2) is 42.5 Å². The van der Waals surface area contributed by atoms with Crippen molar-refractivity contribution in [3.05, 3.63) is 47.5 Å². The van der Waals surface area contributed by atoms with Crippen LogP contribution >= 0.6 is 11.6 Å². The predicted molar refractivity (Wildman–Crippen MR) is 93.1 cm³/mol. The largest absolute Gasteiger partial charge is 0.495 e. The van der Waals surface area contributed by atoms with E-state index in [0.717, 1.165) is 0 Å². The lowest BCUT2D eigenvalue weighted by atomic mass is 10.3. The van der Waals surface area contributed by atoms with Gasteiger partial charge in [-0.2, -0.15) is 13.2 Å². The van der Waals surface area contributed by atoms with Gasteiger partial charge in [0.1, 0.15) is 11.5 Å². The topological polar surface area (TPSA) is 59.6 Å². The number of anilines is 2. The van der Waals surface area contributed by atoms with Crippen molar-refractivity contribution in [3.8, 4) is 11.5 Å². The monoisotopic (exact) mass is 388 g/mol. The van der Waals surface area contributed by atoms with Gasteiger partial charge >= 0.3 is 6.18 Å². The molecule has 140 valence electrons. The zero-order valence-corrected chi connectivity index (χ0v) is 14.4. The van der Waals surface area contributed by atoms with Gasteiger partial charge in [-0.05, 0) is 30.3 Å². The third-order valence-corrected chi connectivity index (χ3v) is 3.45. The number of nitrogens with one attached hydrogen (secondary N) is 2. The zero-order chi connectivity index (χ0) is 19.2. The summed E-state index contributed by atoms with van der Waals surface area (Å²) in [6, 6.07) is 10.8. The first-order chi connectivity index (χ1) is 12.3. The van der Waals surface area contributed by atoms with Crippen LogP contribution in [-0.2, 0) is 4.79 Å². The van der Waals surface area contributed by atoms with Crippen molar-refractivity contribution in [2.45, 2.75) is 6.18 Å². The van der Waals surface area contributed by atoms with Gasteiger partial charge in [0.05, 0.1) is 24.4 Å². The van der Waals surface area contributed by atoms with Crippen LogP contribution in [0.5, 0.6) is 11.5 Å². The lowest BCUT2D eigenvalue weighted by Gasteiger charge is -2.14. The Bertz CT molecular complexity index is 769. The minimum Gasteiger partial charge on any atom is -0.495 e. The molecule has 2 aromatic rings. The highest BCUT2D eigenvalue weighted by Crippen LogP contribution is 2.28. The van der Waals surface area contributed by atoms with Crippen LogP contribution in [0.2, 0.25) is 5.02 Å². The minimum absolute atomic E-state index is 0.00474. The van der Waals surface area contributed by atoms with Gasteiger partial charge in [0.25, 0.3) is 0 Å². The predicted octanol–water partition coefficient (Wildman–Crippen LogP) is 4.34. The van der Waals surface area contributed by atoms with Crippen molar-refractivity contribution in [1.82, 2.24) is 0 Å². The molecular formula is C17H16ClF3N2O3. The second kappa shape index (κ2) is 8.66. The van der Waals surface area contributed by atoms with Crippen LogP contribution in [0.3, 0.4) is 0 Å². The number of benzene rings is 2. The van der Waals surface area contributed by atoms with E-state index in [9.17, 15) is 18.0 Å². The second-order valence-electron chi connectivity index (χ2n) is 5.15. The zero-order valence-electron chi connectivity index (χ0n) is 13.7. The van der Waals surface area contributed by atoms with Crippen LogP contribution in [0.25, 0.3) is 0 Å². The normalized spacial score (nSPS) is 11.0. The quantitative estimate of drug-likeness (QED) is 0.740. The Labute approximate surface area is 153 Å². The van der Waals surface area contributed by atoms with Crippen LogP contribution in [0.1, 0.15) is 0 Å². The SMILES string of the molecule is COc1ccc(NC(=O)CNc2ccccc2OCC(F)(F)F)cc1Cl. The molecule has 0 aromatic heterocycles. The van der Waals surface area contributed by atoms with Crippen molar-refractivity contribution in [2.24, 2.45) is 0 Å². The van der Waals surface area contributed by atoms with Gasteiger partial charge in [-0.25, -0.2) is 0 Å². The molecule has 0 atom stereocenters. The smallest absolute Gasteiger partial charge is 0.422 e. The Morgan fingerprint density at radius 2 is 1.88 bits per heavy atom. The molecule has 0 unspecified atom stereocenters. The number of alkyl halides is 3. The van der Waals surface area contributed by atoms with Gasteiger partial charge in [0.2, 0.25) is 5.91 Å². The Hall–Kier alpha value is -2.61. The van der Waals surface area contributed by atoms with Gasteiger partial charge < -0.3 is 20.1 Å². The average Bonchev–Trinajstić information content (AvgIpc) is 2.58. The van der Waals surface area contributed by atoms with Gasteiger partial charge in [0, 0.05) is 5.69 Å². The summed E-state index contributed by atoms with van der Waals surface area (Å²) in [7, 11) is 1.47. The van der Waals surface area contributed by atoms with E-state index < -0.39 is 18.7 Å². The lowest BCUT2D eigenvalue weighted by Crippen LogP contribution is -2.23. The molecule has 5 nitrogen and oxygen atoms in total. The fourth-order valence-electron chi connectivity index (χ4n) is 2.02. The van der Waals surface area contributed by atoms with Crippen molar-refractivity contribution >= 4 is 28.9 Å². The molecule has 2 N–H and O–H groups in total. The number of carbonyl (C=O) groups is 1. The molecule has 0 heterocycles. The molecule has 2 rings (SSSR count). The number of ether oxygens (including phenoxy) is 2. The van der Waals surface area contributed by atoms with E-state index in [1.807, 2.05) is 0 Å². The lowest BCUT2D eigenvalue weighted by molar-refractivity contribution is -0.153. The molecule has 2 aromatic carbocycles. The summed E-state index contributed by atoms with van der Waals surface area (Å²) >= 11 is 5.98. The molecular weight excluding hydrogens is 373 g/mol. The summed E-state index contributed by atoms with van der Waals surface area (Å²) in [5.41, 5.74) is 0.740. The maximum Gasteiger partial charge on any atom is 0.422 e. The molecule has 9 heteroatoms. The highest BCUT2D eigenvalue weighted by molar-refractivity contribution is 6.32. The summed E-state index contributed by atoms with van der Waals surface area (Å²) < 4.78 is 46.6. The highest BCUT2D eigenvalue weighted by Gasteiger charge is 2.28. The highest BCUT2D eigenvalue weighted by atomic mass is 35.5. The van der Waals surface area contributed by atoms with Crippen molar-refractivity contribution in [2.75, 3.05) is 30.9 Å². The Morgan fingerprint density at radius 1 is 1.15 bits per heavy atom. The van der Waals surface area contributed by atoms with E-state index >= 15 is 0 Å². The van der Waals surface area contributed by atoms with E-state index in [-0.39, 0.29) is 18.0 Å². The van der Waals surface area contributed by atoms with Crippen LogP contribution < -0.4 is 20.1 Å². The van der Waals surface area contributed by atoms with E-state index in [2.05, 4.69) is 10.6 Å². The Kier molecular flexibility index (Phi) is 6.57. The number of halogens is 4. The summed E-state index contributed by atoms with van der Waals surface area (Å²) in [5, 5.41) is 5.70. The van der Waals surface area contributed by atoms with E-state index in [4.69, 9.17) is 21.1 Å². The fraction of sp³-hybridized carbons (Fsp3) is 0.235. The number of hydrogen-bond acceptors (Lipinski definition) is 4. The number of hydrogen-bond donors (Lipinski definition) is 2. The molecule has 0 aliphatic heterocycles. The molecule has 26 heavy (non-hydrogen) atoms. The first-order valence-corrected chi connectivity index (χ1v) is 7.82. The molecule has 1 amide bonds. The number of amides is 1. The molecule has 0 saturated heterocycles. The van der Waals surface area contributed by atoms with Crippen LogP contribution in [0.4, 0.5) is 24.5 Å². The molecule has 0 aliphatic carbocycles. The van der Waals surface area contributed by atoms with Crippen LogP contribution in [0, 0.1) is 0 Å². The van der Waals surface area contributed by atoms with Crippen LogP contribution in [-0.4, -0.2) is 32.3 Å². The standard InChI is InChI=1S/C17H16ClF3N2O3/c1-25-14-7-6-11(8-12(14)18)23-16(24)9-22-13-4-2-3-5-15(13)26-10-17(19,20)21/h2-8,22H,9-10H2,1H3,(H,23,24). The van der Waals surface area contributed by atoms with Gasteiger partial charge in [-0.1, -0.05) is 23.7 Å². The average molecular weight is 389 g/mol. The van der Waals surface area contributed by atoms with Gasteiger partial charge in [-0.15, -0.1) is 0 Å². The third kappa shape index (κ3) is 6.03. The summed E-state index contributed by atoms with van der Waals surface area (Å²) in [6.45, 7) is -1.59. The number of para-hydroxylation sites is 2. The first-order valence-electron chi connectivity index (χ1n) is 7.44. The summed E-state index contributed by atoms with van der Waals surface area (Å²) in [4.78, 5) is 12.0. The fourth-order valence-corrected chi connectivity index (χ4v) is 2.28. The molecule has 0 spiro atoms. The summed E-state index contributed by atoms with van der Waals surface area (Å²) in [6.07, 6.45) is -4.45. The number of carbonyl (C=O) groups excluding carboxylic acids is 1. The number of rotatable bonds is 7. The van der Waals surface area contributed by atoms with E-state index in [0.29, 0.717) is 16.5 Å². The minimum atomic E-state index is -4.45. The third-order valence-electron chi connectivity index (χ3n) is 3.15. The maximum absolute atomic E-state index is 12.3. The van der Waals surface area contributed by atoms with E-state index in [1.54, 1.807) is 18.2 Å². The van der Waals surface area contributed by atoms with E-state index in [1.165, 1.54) is 31.4 Å². The maximum atomic E-state index is 12.3. The van der Waals surface area contributed by atoms with Gasteiger partial charge in [-0.3, -0.25) is 4.79 Å². The molecule has 0 fully saturated rings. The van der Waals surface area contributed by atoms with Crippen molar-refractivity contribution in [1.29, 1.82) is 0 Å². The molecule has 0 saturated carbocycles. The summed E-state index contributed by atoms with van der Waals surface area (Å²) in [5.74, 6) is 0.0699. The Morgan fingerprint density at radius 3 is 2.54 bits per heavy atom. The molecule has 0 radical (unpaired) electrons. The van der Waals surface area contributed by atoms with Crippen molar-refractivity contribution in [3.63, 3.8) is 0 Å². The van der Waals surface area contributed by atoms with Crippen molar-refractivity contribution < 1.29 is 27.4 Å². The van der Waals surface area contributed by atoms with Gasteiger partial charge in [0.15, 0.2) is 6.61 Å². The number of methoxy groups -OCH3 is 1. The second-order valence-corrected chi connectivity index (χ2v) is 5.56. The molecule has 0 aliphatic rings. The first kappa shape index (κ1) is 19.7.